The Kier molecular flexibility index (Phi) is 4.28. The van der Waals surface area contributed by atoms with E-state index in [2.05, 4.69) is 54.2 Å². The molecule has 3 nitrogen and oxygen atoms in total. The molecule has 0 aliphatic rings. The number of nitrogens with one attached hydrogen (secondary N) is 1. The normalized spacial score (nSPS) is 12.1. The highest BCUT2D eigenvalue weighted by molar-refractivity contribution is 5.68. The molecule has 0 amide bonds. The van der Waals surface area contributed by atoms with E-state index in [1.807, 2.05) is 32.6 Å². The molecule has 3 heteroatoms. The van der Waals surface area contributed by atoms with E-state index in [0.29, 0.717) is 0 Å². The molecule has 0 radical (unpaired) electrons. The maximum Gasteiger partial charge on any atom is 0.0768 e. The molecule has 20 heavy (non-hydrogen) atoms. The molecule has 0 saturated carbocycles. The topological polar surface area (TPSA) is 28.2 Å². The van der Waals surface area contributed by atoms with Crippen LogP contribution in [0.2, 0.25) is 0 Å². The van der Waals surface area contributed by atoms with Crippen molar-refractivity contribution in [3.63, 3.8) is 0 Å². The maximum atomic E-state index is 4.22. The van der Waals surface area contributed by atoms with Crippen LogP contribution in [0.15, 0.2) is 36.7 Å². The Balaban J connectivity index is 2.25. The highest BCUT2D eigenvalue weighted by Gasteiger charge is 2.10. The minimum absolute atomic E-state index is 0.247. The lowest BCUT2D eigenvalue weighted by Crippen LogP contribution is -2.14. The van der Waals surface area contributed by atoms with Gasteiger partial charge in [-0.15, -0.1) is 0 Å². The molecule has 0 aliphatic heterocycles. The molecule has 1 unspecified atom stereocenters. The van der Waals surface area contributed by atoms with E-state index < -0.39 is 0 Å². The molecule has 1 heterocycles. The van der Waals surface area contributed by atoms with Crippen molar-refractivity contribution >= 4 is 11.4 Å². The minimum atomic E-state index is 0.247. The van der Waals surface area contributed by atoms with E-state index in [0.717, 1.165) is 11.4 Å². The minimum Gasteiger partial charge on any atom is -0.376 e. The fraction of sp³-hybridized carbons (Fsp3) is 0.353. The third-order valence-corrected chi connectivity index (χ3v) is 3.40. The van der Waals surface area contributed by atoms with Crippen molar-refractivity contribution < 1.29 is 0 Å². The van der Waals surface area contributed by atoms with Gasteiger partial charge in [-0.25, -0.2) is 0 Å². The molecule has 1 aromatic heterocycles. The van der Waals surface area contributed by atoms with Gasteiger partial charge in [0.15, 0.2) is 0 Å². The van der Waals surface area contributed by atoms with Gasteiger partial charge in [0.1, 0.15) is 0 Å². The number of hydrogen-bond acceptors (Lipinski definition) is 3. The largest absolute Gasteiger partial charge is 0.376 e. The molecule has 0 bridgehead atoms. The molecule has 1 aromatic carbocycles. The Bertz CT molecular complexity index is 570. The first kappa shape index (κ1) is 14.4. The zero-order valence-corrected chi connectivity index (χ0v) is 12.9. The highest BCUT2D eigenvalue weighted by atomic mass is 15.1. The van der Waals surface area contributed by atoms with Crippen molar-refractivity contribution in [1.29, 1.82) is 0 Å². The SMILES string of the molecule is Cc1cc(C)cc(C(C)Nc2cnccc2N(C)C)c1. The van der Waals surface area contributed by atoms with Crippen molar-refractivity contribution in [2.45, 2.75) is 26.8 Å². The molecule has 0 aliphatic carbocycles. The Morgan fingerprint density at radius 1 is 1.10 bits per heavy atom. The van der Waals surface area contributed by atoms with Gasteiger partial charge in [-0.2, -0.15) is 0 Å². The number of benzene rings is 1. The van der Waals surface area contributed by atoms with E-state index in [1.54, 1.807) is 0 Å². The third-order valence-electron chi connectivity index (χ3n) is 3.40. The number of aromatic nitrogens is 1. The average molecular weight is 269 g/mol. The van der Waals surface area contributed by atoms with Gasteiger partial charge in [-0.3, -0.25) is 4.98 Å². The number of rotatable bonds is 4. The molecule has 2 aromatic rings. The molecule has 1 N–H and O–H groups in total. The first-order valence-electron chi connectivity index (χ1n) is 6.93. The van der Waals surface area contributed by atoms with Gasteiger partial charge < -0.3 is 10.2 Å². The van der Waals surface area contributed by atoms with Crippen molar-refractivity contribution in [2.24, 2.45) is 0 Å². The molecular formula is C17H23N3. The van der Waals surface area contributed by atoms with Crippen molar-refractivity contribution in [3.8, 4) is 0 Å². The standard InChI is InChI=1S/C17H23N3/c1-12-8-13(2)10-15(9-12)14(3)19-16-11-18-7-6-17(16)20(4)5/h6-11,14,19H,1-5H3. The summed E-state index contributed by atoms with van der Waals surface area (Å²) in [6.45, 7) is 6.46. The number of aryl methyl sites for hydroxylation is 2. The summed E-state index contributed by atoms with van der Waals surface area (Å²) < 4.78 is 0. The monoisotopic (exact) mass is 269 g/mol. The second kappa shape index (κ2) is 5.95. The van der Waals surface area contributed by atoms with E-state index >= 15 is 0 Å². The van der Waals surface area contributed by atoms with Crippen LogP contribution in [0.3, 0.4) is 0 Å². The van der Waals surface area contributed by atoms with Crippen LogP contribution in [0.25, 0.3) is 0 Å². The molecule has 0 fully saturated rings. The molecule has 1 atom stereocenters. The highest BCUT2D eigenvalue weighted by Crippen LogP contribution is 2.27. The zero-order valence-electron chi connectivity index (χ0n) is 12.9. The lowest BCUT2D eigenvalue weighted by atomic mass is 10.0. The van der Waals surface area contributed by atoms with E-state index in [-0.39, 0.29) is 6.04 Å². The fourth-order valence-corrected chi connectivity index (χ4v) is 2.46. The van der Waals surface area contributed by atoms with Gasteiger partial charge in [-0.05, 0) is 32.4 Å². The van der Waals surface area contributed by atoms with E-state index in [1.165, 1.54) is 16.7 Å². The molecule has 0 saturated heterocycles. The van der Waals surface area contributed by atoms with Crippen LogP contribution >= 0.6 is 0 Å². The summed E-state index contributed by atoms with van der Waals surface area (Å²) in [6.07, 6.45) is 3.70. The molecule has 106 valence electrons. The Labute approximate surface area is 121 Å². The van der Waals surface area contributed by atoms with Gasteiger partial charge >= 0.3 is 0 Å². The first-order valence-corrected chi connectivity index (χ1v) is 6.93. The van der Waals surface area contributed by atoms with Crippen LogP contribution < -0.4 is 10.2 Å². The summed E-state index contributed by atoms with van der Waals surface area (Å²) in [5.74, 6) is 0. The number of pyridine rings is 1. The number of anilines is 2. The molecule has 2 rings (SSSR count). The summed E-state index contributed by atoms with van der Waals surface area (Å²) in [5.41, 5.74) is 6.11. The molecule has 0 spiro atoms. The third kappa shape index (κ3) is 3.29. The second-order valence-corrected chi connectivity index (χ2v) is 5.57. The molecular weight excluding hydrogens is 246 g/mol. The van der Waals surface area contributed by atoms with Crippen LogP contribution in [0.4, 0.5) is 11.4 Å². The lowest BCUT2D eigenvalue weighted by molar-refractivity contribution is 0.877. The lowest BCUT2D eigenvalue weighted by Gasteiger charge is -2.22. The Hall–Kier alpha value is -2.03. The first-order chi connectivity index (χ1) is 9.47. The smallest absolute Gasteiger partial charge is 0.0768 e. The quantitative estimate of drug-likeness (QED) is 0.911. The van der Waals surface area contributed by atoms with Crippen LogP contribution in [-0.4, -0.2) is 19.1 Å². The predicted molar refractivity (Wildman–Crippen MR) is 86.5 cm³/mol. The summed E-state index contributed by atoms with van der Waals surface area (Å²) in [6, 6.07) is 8.94. The van der Waals surface area contributed by atoms with E-state index in [9.17, 15) is 0 Å². The van der Waals surface area contributed by atoms with Crippen molar-refractivity contribution in [2.75, 3.05) is 24.3 Å². The van der Waals surface area contributed by atoms with Gasteiger partial charge in [-0.1, -0.05) is 29.3 Å². The summed E-state index contributed by atoms with van der Waals surface area (Å²) in [4.78, 5) is 6.32. The Morgan fingerprint density at radius 3 is 2.35 bits per heavy atom. The average Bonchev–Trinajstić information content (AvgIpc) is 2.37. The van der Waals surface area contributed by atoms with Crippen LogP contribution in [0, 0.1) is 13.8 Å². The van der Waals surface area contributed by atoms with Crippen molar-refractivity contribution in [1.82, 2.24) is 4.98 Å². The van der Waals surface area contributed by atoms with Gasteiger partial charge in [0.25, 0.3) is 0 Å². The van der Waals surface area contributed by atoms with Gasteiger partial charge in [0.05, 0.1) is 17.6 Å². The number of nitrogens with zero attached hydrogens (tertiary/aromatic N) is 2. The summed E-state index contributed by atoms with van der Waals surface area (Å²) in [7, 11) is 4.09. The van der Waals surface area contributed by atoms with Crippen LogP contribution in [-0.2, 0) is 0 Å². The van der Waals surface area contributed by atoms with Crippen molar-refractivity contribution in [3.05, 3.63) is 53.3 Å². The zero-order chi connectivity index (χ0) is 14.7. The summed E-state index contributed by atoms with van der Waals surface area (Å²) in [5, 5.41) is 3.56. The van der Waals surface area contributed by atoms with Crippen LogP contribution in [0.1, 0.15) is 29.7 Å². The fourth-order valence-electron chi connectivity index (χ4n) is 2.46. The van der Waals surface area contributed by atoms with Crippen LogP contribution in [0.5, 0.6) is 0 Å². The summed E-state index contributed by atoms with van der Waals surface area (Å²) >= 11 is 0. The maximum absolute atomic E-state index is 4.22. The second-order valence-electron chi connectivity index (χ2n) is 5.57. The number of hydrogen-bond donors (Lipinski definition) is 1. The van der Waals surface area contributed by atoms with E-state index in [4.69, 9.17) is 0 Å². The van der Waals surface area contributed by atoms with Gasteiger partial charge in [0.2, 0.25) is 0 Å². The Morgan fingerprint density at radius 2 is 1.75 bits per heavy atom. The predicted octanol–water partition coefficient (Wildman–Crippen LogP) is 3.94. The van der Waals surface area contributed by atoms with Gasteiger partial charge in [0, 0.05) is 26.3 Å².